The van der Waals surface area contributed by atoms with Gasteiger partial charge in [-0.2, -0.15) is 0 Å². The molecule has 0 saturated carbocycles. The number of rotatable bonds is 2. The van der Waals surface area contributed by atoms with Crippen molar-refractivity contribution in [2.75, 3.05) is 0 Å². The quantitative estimate of drug-likeness (QED) is 0.682. The molecule has 0 aliphatic rings. The Morgan fingerprint density at radius 3 is 2.10 bits per heavy atom. The lowest BCUT2D eigenvalue weighted by Crippen LogP contribution is -1.88. The Kier molecular flexibility index (Phi) is 6.58. The molecule has 0 bridgehead atoms. The molecule has 2 aromatic rings. The summed E-state index contributed by atoms with van der Waals surface area (Å²) in [5, 5.41) is 9.37. The summed E-state index contributed by atoms with van der Waals surface area (Å²) in [6.07, 6.45) is 3.99. The summed E-state index contributed by atoms with van der Waals surface area (Å²) >= 11 is 11.2. The van der Waals surface area contributed by atoms with E-state index in [-0.39, 0.29) is 11.8 Å². The number of aromatic nitrogens is 2. The molecule has 0 aliphatic carbocycles. The van der Waals surface area contributed by atoms with Crippen LogP contribution in [0, 0.1) is 13.8 Å². The molecule has 2 heterocycles. The Morgan fingerprint density at radius 1 is 1.10 bits per heavy atom. The van der Waals surface area contributed by atoms with Gasteiger partial charge in [-0.25, -0.2) is 9.97 Å². The molecule has 0 radical (unpaired) electrons. The average molecular weight is 313 g/mol. The Balaban J connectivity index is 0.000000200. The molecule has 2 aromatic heterocycles. The number of carbonyl (C=O) groups excluding carboxylic acids is 1. The minimum Gasteiger partial charge on any atom is -0.392 e. The number of aryl methyl sites for hydroxylation is 2. The molecule has 0 fully saturated rings. The van der Waals surface area contributed by atoms with Gasteiger partial charge in [0.2, 0.25) is 0 Å². The molecule has 0 aliphatic heterocycles. The fourth-order valence-electron chi connectivity index (χ4n) is 1.38. The number of hydrogen-bond donors (Lipinski definition) is 1. The van der Waals surface area contributed by atoms with Crippen LogP contribution in [0.5, 0.6) is 0 Å². The molecule has 1 N–H and O–H groups in total. The van der Waals surface area contributed by atoms with Gasteiger partial charge >= 0.3 is 0 Å². The van der Waals surface area contributed by atoms with Crippen molar-refractivity contribution in [1.82, 2.24) is 9.97 Å². The highest BCUT2D eigenvalue weighted by Gasteiger charge is 1.98. The van der Waals surface area contributed by atoms with Crippen LogP contribution < -0.4 is 0 Å². The first-order valence-corrected chi connectivity index (χ1v) is 6.52. The Hall–Kier alpha value is -1.49. The molecule has 20 heavy (non-hydrogen) atoms. The summed E-state index contributed by atoms with van der Waals surface area (Å²) in [5.74, 6) is 0. The van der Waals surface area contributed by atoms with Crippen molar-refractivity contribution in [3.8, 4) is 0 Å². The van der Waals surface area contributed by atoms with Crippen molar-refractivity contribution in [2.45, 2.75) is 20.5 Å². The third-order valence-corrected chi connectivity index (χ3v) is 3.00. The molecule has 0 amide bonds. The fourth-order valence-corrected chi connectivity index (χ4v) is 1.69. The number of nitrogens with zero attached hydrogens (tertiary/aromatic N) is 2. The van der Waals surface area contributed by atoms with Crippen molar-refractivity contribution >= 4 is 29.5 Å². The van der Waals surface area contributed by atoms with Crippen LogP contribution in [-0.4, -0.2) is 21.4 Å². The molecule has 0 aromatic carbocycles. The van der Waals surface area contributed by atoms with E-state index in [4.69, 9.17) is 28.3 Å². The maximum absolute atomic E-state index is 10.3. The Bertz CT molecular complexity index is 604. The van der Waals surface area contributed by atoms with Gasteiger partial charge in [0.25, 0.3) is 0 Å². The first-order chi connectivity index (χ1) is 9.47. The van der Waals surface area contributed by atoms with E-state index in [0.29, 0.717) is 22.6 Å². The Labute approximate surface area is 127 Å². The van der Waals surface area contributed by atoms with Crippen LogP contribution in [-0.2, 0) is 6.61 Å². The smallest absolute Gasteiger partial charge is 0.153 e. The summed E-state index contributed by atoms with van der Waals surface area (Å²) in [4.78, 5) is 17.9. The van der Waals surface area contributed by atoms with Crippen LogP contribution in [0.25, 0.3) is 0 Å². The van der Waals surface area contributed by atoms with Gasteiger partial charge in [-0.05, 0) is 37.1 Å². The van der Waals surface area contributed by atoms with Crippen LogP contribution in [0.1, 0.15) is 27.0 Å². The summed E-state index contributed by atoms with van der Waals surface area (Å²) in [5.41, 5.74) is 3.07. The predicted octanol–water partition coefficient (Wildman–Crippen LogP) is 3.39. The van der Waals surface area contributed by atoms with Crippen molar-refractivity contribution in [1.29, 1.82) is 0 Å². The first-order valence-electron chi connectivity index (χ1n) is 5.77. The second kappa shape index (κ2) is 7.94. The molecular weight excluding hydrogens is 299 g/mol. The SMILES string of the molecule is Cc1cnc(Cl)c(C=O)c1.Cc1cnc(Cl)c(CO)c1. The number of aldehydes is 1. The van der Waals surface area contributed by atoms with Crippen LogP contribution in [0.4, 0.5) is 0 Å². The minimum absolute atomic E-state index is 0.0481. The van der Waals surface area contributed by atoms with Crippen LogP contribution in [0.15, 0.2) is 24.5 Å². The average Bonchev–Trinajstić information content (AvgIpc) is 2.44. The third-order valence-electron chi connectivity index (χ3n) is 2.35. The standard InChI is InChI=1S/C7H8ClNO.C7H6ClNO/c2*1-5-2-6(4-10)7(8)9-3-5/h2-3,10H,4H2,1H3;2-4H,1H3. The lowest BCUT2D eigenvalue weighted by molar-refractivity contribution is 0.112. The number of carbonyl (C=O) groups is 1. The second-order valence-electron chi connectivity index (χ2n) is 4.13. The zero-order valence-corrected chi connectivity index (χ0v) is 12.6. The summed E-state index contributed by atoms with van der Waals surface area (Å²) in [6.45, 7) is 3.71. The lowest BCUT2D eigenvalue weighted by atomic mass is 10.2. The van der Waals surface area contributed by atoms with Gasteiger partial charge in [0.05, 0.1) is 12.2 Å². The highest BCUT2D eigenvalue weighted by Crippen LogP contribution is 2.13. The molecule has 6 heteroatoms. The Morgan fingerprint density at radius 2 is 1.65 bits per heavy atom. The number of aliphatic hydroxyl groups excluding tert-OH is 1. The third kappa shape index (κ3) is 4.89. The molecule has 0 saturated heterocycles. The normalized spacial score (nSPS) is 9.65. The highest BCUT2D eigenvalue weighted by atomic mass is 35.5. The number of halogens is 2. The summed E-state index contributed by atoms with van der Waals surface area (Å²) in [6, 6.07) is 3.51. The number of pyridine rings is 2. The van der Waals surface area contributed by atoms with E-state index >= 15 is 0 Å². The van der Waals surface area contributed by atoms with Gasteiger partial charge in [-0.1, -0.05) is 23.2 Å². The van der Waals surface area contributed by atoms with Gasteiger partial charge < -0.3 is 5.11 Å². The molecule has 0 spiro atoms. The predicted molar refractivity (Wildman–Crippen MR) is 79.3 cm³/mol. The van der Waals surface area contributed by atoms with E-state index in [1.807, 2.05) is 19.9 Å². The zero-order chi connectivity index (χ0) is 15.1. The molecular formula is C14H14Cl2N2O2. The van der Waals surface area contributed by atoms with Gasteiger partial charge in [0.15, 0.2) is 6.29 Å². The summed E-state index contributed by atoms with van der Waals surface area (Å²) < 4.78 is 0. The minimum atomic E-state index is -0.0481. The maximum Gasteiger partial charge on any atom is 0.153 e. The molecule has 2 rings (SSSR count). The maximum atomic E-state index is 10.3. The van der Waals surface area contributed by atoms with Gasteiger partial charge in [-0.3, -0.25) is 4.79 Å². The zero-order valence-electron chi connectivity index (χ0n) is 11.1. The fraction of sp³-hybridized carbons (Fsp3) is 0.214. The van der Waals surface area contributed by atoms with Gasteiger partial charge in [0, 0.05) is 18.0 Å². The molecule has 0 unspecified atom stereocenters. The van der Waals surface area contributed by atoms with E-state index in [1.165, 1.54) is 0 Å². The van der Waals surface area contributed by atoms with Crippen LogP contribution in [0.3, 0.4) is 0 Å². The highest BCUT2D eigenvalue weighted by molar-refractivity contribution is 6.31. The topological polar surface area (TPSA) is 63.1 Å². The first kappa shape index (κ1) is 16.6. The molecule has 0 atom stereocenters. The largest absolute Gasteiger partial charge is 0.392 e. The van der Waals surface area contributed by atoms with Crippen molar-refractivity contribution < 1.29 is 9.90 Å². The van der Waals surface area contributed by atoms with E-state index in [2.05, 4.69) is 9.97 Å². The molecule has 4 nitrogen and oxygen atoms in total. The van der Waals surface area contributed by atoms with Gasteiger partial charge in [-0.15, -0.1) is 0 Å². The van der Waals surface area contributed by atoms with Gasteiger partial charge in [0.1, 0.15) is 10.3 Å². The summed E-state index contributed by atoms with van der Waals surface area (Å²) in [7, 11) is 0. The van der Waals surface area contributed by atoms with E-state index in [9.17, 15) is 4.79 Å². The lowest BCUT2D eigenvalue weighted by Gasteiger charge is -1.98. The van der Waals surface area contributed by atoms with E-state index in [0.717, 1.165) is 11.1 Å². The second-order valence-corrected chi connectivity index (χ2v) is 4.85. The van der Waals surface area contributed by atoms with Crippen molar-refractivity contribution in [2.24, 2.45) is 0 Å². The van der Waals surface area contributed by atoms with Crippen molar-refractivity contribution in [3.05, 3.63) is 57.1 Å². The monoisotopic (exact) mass is 312 g/mol. The van der Waals surface area contributed by atoms with Crippen LogP contribution in [0.2, 0.25) is 10.3 Å². The van der Waals surface area contributed by atoms with Crippen molar-refractivity contribution in [3.63, 3.8) is 0 Å². The van der Waals surface area contributed by atoms with E-state index < -0.39 is 0 Å². The molecule has 106 valence electrons. The van der Waals surface area contributed by atoms with Crippen LogP contribution >= 0.6 is 23.2 Å². The number of hydrogen-bond acceptors (Lipinski definition) is 4. The number of aliphatic hydroxyl groups is 1. The van der Waals surface area contributed by atoms with E-state index in [1.54, 1.807) is 18.5 Å².